The summed E-state index contributed by atoms with van der Waals surface area (Å²) in [5.74, 6) is 0.110. The number of hydrogen-bond acceptors (Lipinski definition) is 10. The van der Waals surface area contributed by atoms with Gasteiger partial charge in [0.2, 0.25) is 0 Å². The Kier molecular flexibility index (Phi) is 14.4. The highest BCUT2D eigenvalue weighted by Crippen LogP contribution is 2.32. The third-order valence-corrected chi connectivity index (χ3v) is 3.20. The summed E-state index contributed by atoms with van der Waals surface area (Å²) in [7, 11) is -13.9. The van der Waals surface area contributed by atoms with Crippen molar-refractivity contribution in [1.29, 1.82) is 0 Å². The Labute approximate surface area is 183 Å². The minimum absolute atomic E-state index is 0.110. The van der Waals surface area contributed by atoms with Crippen LogP contribution in [0.1, 0.15) is 6.23 Å². The highest BCUT2D eigenvalue weighted by Gasteiger charge is 2.42. The van der Waals surface area contributed by atoms with Crippen LogP contribution in [0, 0.1) is 0 Å². The van der Waals surface area contributed by atoms with E-state index in [9.17, 15) is 9.90 Å². The molecule has 0 amide bonds. The first-order valence-corrected chi connectivity index (χ1v) is 12.6. The van der Waals surface area contributed by atoms with Crippen LogP contribution in [0.5, 0.6) is 0 Å². The maximum absolute atomic E-state index is 11.6. The van der Waals surface area contributed by atoms with Gasteiger partial charge in [-0.1, -0.05) is 0 Å². The van der Waals surface area contributed by atoms with Gasteiger partial charge in [-0.2, -0.15) is 17.6 Å². The third kappa shape index (κ3) is 19.9. The van der Waals surface area contributed by atoms with E-state index in [4.69, 9.17) is 73.3 Å². The Bertz CT molecular complexity index is 824. The molecule has 1 fully saturated rings. The molecule has 1 aliphatic heterocycles. The first-order chi connectivity index (χ1) is 14.0. The molecule has 0 aliphatic carbocycles. The van der Waals surface area contributed by atoms with E-state index in [1.807, 2.05) is 0 Å². The Hall–Kier alpha value is -0.760. The highest BCUT2D eigenvalue weighted by molar-refractivity contribution is 7.81. The number of thiol groups is 1. The van der Waals surface area contributed by atoms with Gasteiger partial charge in [-0.25, -0.2) is 18.5 Å². The SMILES string of the molecule is Nc1ccn([C@@H]2O[C@H](CO)[C@@H](O)[C@H]2S)c(=O)n1.O=P(O)(O)O.O=P(O)(O)O.O=P(O)(O)O. The monoisotopic (exact) mass is 553 g/mol. The molecule has 0 aromatic carbocycles. The summed E-state index contributed by atoms with van der Waals surface area (Å²) in [5, 5.41) is 18.1. The van der Waals surface area contributed by atoms with Gasteiger partial charge in [0.15, 0.2) is 6.23 Å². The summed E-state index contributed by atoms with van der Waals surface area (Å²) < 4.78 is 33.2. The first kappa shape index (κ1) is 33.4. The van der Waals surface area contributed by atoms with Gasteiger partial charge in [0.05, 0.1) is 18.0 Å². The second-order valence-electron chi connectivity index (χ2n) is 5.31. The number of ether oxygens (including phenoxy) is 1. The van der Waals surface area contributed by atoms with Crippen molar-refractivity contribution < 1.29 is 72.7 Å². The number of aromatic nitrogens is 2. The van der Waals surface area contributed by atoms with Crippen molar-refractivity contribution in [2.24, 2.45) is 0 Å². The number of hydrogen-bond donors (Lipinski definition) is 13. The number of nitrogens with zero attached hydrogens (tertiary/aromatic N) is 2. The van der Waals surface area contributed by atoms with Gasteiger partial charge in [0.25, 0.3) is 0 Å². The Morgan fingerprint density at radius 3 is 1.66 bits per heavy atom. The van der Waals surface area contributed by atoms with Crippen LogP contribution in [0.15, 0.2) is 17.1 Å². The molecule has 0 spiro atoms. The van der Waals surface area contributed by atoms with Crippen LogP contribution in [0.4, 0.5) is 5.82 Å². The van der Waals surface area contributed by atoms with Gasteiger partial charge in [0, 0.05) is 6.20 Å². The number of anilines is 1. The quantitative estimate of drug-likeness (QED) is 0.121. The van der Waals surface area contributed by atoms with Crippen molar-refractivity contribution in [3.8, 4) is 0 Å². The van der Waals surface area contributed by atoms with Gasteiger partial charge >= 0.3 is 29.2 Å². The molecule has 0 unspecified atom stereocenters. The van der Waals surface area contributed by atoms with Gasteiger partial charge < -0.3 is 64.7 Å². The zero-order chi connectivity index (χ0) is 26.1. The molecule has 13 N–H and O–H groups in total. The first-order valence-electron chi connectivity index (χ1n) is 7.36. The summed E-state index contributed by atoms with van der Waals surface area (Å²) >= 11 is 4.18. The van der Waals surface area contributed by atoms with E-state index in [1.165, 1.54) is 16.8 Å². The van der Waals surface area contributed by atoms with Crippen molar-refractivity contribution in [2.75, 3.05) is 12.3 Å². The van der Waals surface area contributed by atoms with Crippen molar-refractivity contribution in [2.45, 2.75) is 23.7 Å². The molecule has 1 aromatic rings. The van der Waals surface area contributed by atoms with Crippen LogP contribution in [0.3, 0.4) is 0 Å². The average molecular weight is 553 g/mol. The average Bonchev–Trinajstić information content (AvgIpc) is 2.78. The standard InChI is InChI=1S/C9H13N3O4S.3H3O4P/c10-5-1-2-12(9(15)11-5)8-7(17)6(14)4(3-13)16-8;3*1-5(2,3)4/h1-2,4,6-8,13-14,17H,3H2,(H2,10,11,15);3*(H3,1,2,3,4)/t4-,6-,7-,8-;;;/m1.../s1. The van der Waals surface area contributed by atoms with Gasteiger partial charge in [0.1, 0.15) is 11.9 Å². The normalized spacial score (nSPS) is 23.0. The molecule has 4 atom stereocenters. The number of nitrogens with two attached hydrogens (primary N) is 1. The lowest BCUT2D eigenvalue weighted by Crippen LogP contribution is -2.33. The molecule has 23 heteroatoms. The van der Waals surface area contributed by atoms with Crippen molar-refractivity contribution in [3.63, 3.8) is 0 Å². The molecule has 2 rings (SSSR count). The van der Waals surface area contributed by atoms with Crippen LogP contribution >= 0.6 is 36.1 Å². The summed E-state index contributed by atoms with van der Waals surface area (Å²) in [6.45, 7) is -0.341. The lowest BCUT2D eigenvalue weighted by Gasteiger charge is -2.17. The van der Waals surface area contributed by atoms with Crippen LogP contribution in [-0.4, -0.2) is 87.9 Å². The zero-order valence-electron chi connectivity index (χ0n) is 15.4. The van der Waals surface area contributed by atoms with Gasteiger partial charge in [-0.15, -0.1) is 0 Å². The number of rotatable bonds is 2. The number of aliphatic hydroxyl groups excluding tert-OH is 2. The number of phosphoric acid groups is 3. The molecule has 32 heavy (non-hydrogen) atoms. The van der Waals surface area contributed by atoms with Crippen LogP contribution < -0.4 is 11.4 Å². The third-order valence-electron chi connectivity index (χ3n) is 2.64. The predicted octanol–water partition coefficient (Wildman–Crippen LogP) is -4.41. The lowest BCUT2D eigenvalue weighted by atomic mass is 10.2. The molecule has 0 radical (unpaired) electrons. The van der Waals surface area contributed by atoms with E-state index in [1.54, 1.807) is 0 Å². The fourth-order valence-corrected chi connectivity index (χ4v) is 2.14. The van der Waals surface area contributed by atoms with E-state index in [0.29, 0.717) is 0 Å². The topological polar surface area (TPSA) is 344 Å². The Morgan fingerprint density at radius 2 is 1.38 bits per heavy atom. The largest absolute Gasteiger partial charge is 0.466 e. The van der Waals surface area contributed by atoms with Crippen LogP contribution in [0.25, 0.3) is 0 Å². The highest BCUT2D eigenvalue weighted by atomic mass is 32.1. The summed E-state index contributed by atoms with van der Waals surface area (Å²) in [6.07, 6.45) is -1.05. The second-order valence-corrected chi connectivity index (χ2v) is 8.99. The predicted molar refractivity (Wildman–Crippen MR) is 105 cm³/mol. The smallest absolute Gasteiger partial charge is 0.394 e. The molecule has 1 aliphatic rings. The van der Waals surface area contributed by atoms with Gasteiger partial charge in [-0.05, 0) is 6.07 Å². The van der Waals surface area contributed by atoms with Crippen molar-refractivity contribution in [1.82, 2.24) is 9.55 Å². The molecule has 190 valence electrons. The molecule has 19 nitrogen and oxygen atoms in total. The molecule has 0 saturated carbocycles. The lowest BCUT2D eigenvalue weighted by molar-refractivity contribution is -0.0456. The van der Waals surface area contributed by atoms with E-state index < -0.39 is 52.8 Å². The minimum Gasteiger partial charge on any atom is -0.394 e. The Balaban J connectivity index is 0. The molecule has 0 bridgehead atoms. The molecular weight excluding hydrogens is 531 g/mol. The molecule has 1 saturated heterocycles. The summed E-state index contributed by atoms with van der Waals surface area (Å²) in [5.41, 5.74) is 4.78. The summed E-state index contributed by atoms with van der Waals surface area (Å²) in [6, 6.07) is 1.45. The number of aliphatic hydroxyl groups is 2. The minimum atomic E-state index is -4.64. The maximum Gasteiger partial charge on any atom is 0.466 e. The van der Waals surface area contributed by atoms with E-state index in [-0.39, 0.29) is 12.4 Å². The fourth-order valence-electron chi connectivity index (χ4n) is 1.73. The Morgan fingerprint density at radius 1 is 1.00 bits per heavy atom. The molecule has 2 heterocycles. The number of nitrogen functional groups attached to an aromatic ring is 1. The summed E-state index contributed by atoms with van der Waals surface area (Å²) in [4.78, 5) is 79.8. The van der Waals surface area contributed by atoms with E-state index in [2.05, 4.69) is 17.6 Å². The zero-order valence-corrected chi connectivity index (χ0v) is 19.0. The van der Waals surface area contributed by atoms with E-state index in [0.717, 1.165) is 0 Å². The van der Waals surface area contributed by atoms with E-state index >= 15 is 0 Å². The van der Waals surface area contributed by atoms with Crippen molar-refractivity contribution >= 4 is 41.9 Å². The molecular formula is C9H22N3O16P3S. The fraction of sp³-hybridized carbons (Fsp3) is 0.556. The van der Waals surface area contributed by atoms with Crippen LogP contribution in [0.2, 0.25) is 0 Å². The molecule has 1 aromatic heterocycles. The van der Waals surface area contributed by atoms with Crippen LogP contribution in [-0.2, 0) is 18.4 Å². The maximum atomic E-state index is 11.6. The van der Waals surface area contributed by atoms with Crippen molar-refractivity contribution in [3.05, 3.63) is 22.7 Å². The second kappa shape index (κ2) is 13.8. The van der Waals surface area contributed by atoms with Gasteiger partial charge in [-0.3, -0.25) is 4.57 Å².